The van der Waals surface area contributed by atoms with Crippen molar-refractivity contribution in [3.63, 3.8) is 0 Å². The van der Waals surface area contributed by atoms with Crippen LogP contribution in [-0.2, 0) is 4.79 Å². The molecular weight excluding hydrogens is 186 g/mol. The van der Waals surface area contributed by atoms with E-state index in [1.165, 1.54) is 24.3 Å². The van der Waals surface area contributed by atoms with Crippen LogP contribution in [0, 0.1) is 0 Å². The second kappa shape index (κ2) is 4.18. The van der Waals surface area contributed by atoms with Gasteiger partial charge in [0, 0.05) is 6.08 Å². The summed E-state index contributed by atoms with van der Waals surface area (Å²) in [6.45, 7) is 0. The van der Waals surface area contributed by atoms with Gasteiger partial charge in [-0.15, -0.1) is 0 Å². The molecule has 0 amide bonds. The molecule has 1 aromatic heterocycles. The third kappa shape index (κ3) is 2.71. The summed E-state index contributed by atoms with van der Waals surface area (Å²) in [7, 11) is 0. The highest BCUT2D eigenvalue weighted by Crippen LogP contribution is 2.01. The van der Waals surface area contributed by atoms with Crippen molar-refractivity contribution in [2.75, 3.05) is 0 Å². The summed E-state index contributed by atoms with van der Waals surface area (Å²) >= 11 is 0. The number of rotatable bonds is 3. The first-order chi connectivity index (χ1) is 6.59. The van der Waals surface area contributed by atoms with E-state index in [0.717, 1.165) is 6.08 Å². The molecule has 14 heavy (non-hydrogen) atoms. The Kier molecular flexibility index (Phi) is 2.96. The minimum atomic E-state index is -1.14. The maximum absolute atomic E-state index is 10.5. The first-order valence-corrected chi connectivity index (χ1v) is 3.71. The summed E-state index contributed by atoms with van der Waals surface area (Å²) in [5.74, 6) is -2.25. The van der Waals surface area contributed by atoms with Gasteiger partial charge in [-0.05, 0) is 18.2 Å². The summed E-state index contributed by atoms with van der Waals surface area (Å²) in [5, 5.41) is 16.9. The number of hydrogen-bond donors (Lipinski definition) is 2. The molecule has 0 atom stereocenters. The van der Waals surface area contributed by atoms with Gasteiger partial charge in [0.25, 0.3) is 0 Å². The fourth-order valence-corrected chi connectivity index (χ4v) is 0.820. The Morgan fingerprint density at radius 3 is 2.57 bits per heavy atom. The number of aromatic carboxylic acids is 1. The lowest BCUT2D eigenvalue weighted by Crippen LogP contribution is -2.00. The number of pyridine rings is 1. The molecule has 0 aromatic carbocycles. The van der Waals surface area contributed by atoms with E-state index in [4.69, 9.17) is 10.2 Å². The molecule has 1 rings (SSSR count). The summed E-state index contributed by atoms with van der Waals surface area (Å²) in [6.07, 6.45) is 2.13. The van der Waals surface area contributed by atoms with Crippen molar-refractivity contribution in [3.8, 4) is 0 Å². The third-order valence-corrected chi connectivity index (χ3v) is 1.39. The van der Waals surface area contributed by atoms with E-state index in [0.29, 0.717) is 5.69 Å². The highest BCUT2D eigenvalue weighted by atomic mass is 16.4. The van der Waals surface area contributed by atoms with Gasteiger partial charge in [-0.25, -0.2) is 14.6 Å². The summed E-state index contributed by atoms with van der Waals surface area (Å²) in [6, 6.07) is 4.35. The zero-order valence-corrected chi connectivity index (χ0v) is 7.04. The van der Waals surface area contributed by atoms with E-state index in [2.05, 4.69) is 4.98 Å². The molecule has 5 nitrogen and oxygen atoms in total. The number of carboxylic acids is 2. The van der Waals surface area contributed by atoms with Crippen molar-refractivity contribution in [2.24, 2.45) is 0 Å². The molecule has 72 valence electrons. The van der Waals surface area contributed by atoms with Gasteiger partial charge in [-0.1, -0.05) is 6.07 Å². The van der Waals surface area contributed by atoms with Gasteiger partial charge in [0.1, 0.15) is 5.69 Å². The van der Waals surface area contributed by atoms with E-state index >= 15 is 0 Å². The molecule has 1 aromatic rings. The zero-order valence-electron chi connectivity index (χ0n) is 7.04. The molecule has 0 aliphatic rings. The molecule has 2 N–H and O–H groups in total. The Balaban J connectivity index is 2.94. The van der Waals surface area contributed by atoms with Crippen molar-refractivity contribution in [1.29, 1.82) is 0 Å². The highest BCUT2D eigenvalue weighted by molar-refractivity contribution is 5.87. The molecule has 0 spiro atoms. The van der Waals surface area contributed by atoms with E-state index in [9.17, 15) is 9.59 Å². The van der Waals surface area contributed by atoms with Crippen LogP contribution < -0.4 is 0 Å². The van der Waals surface area contributed by atoms with E-state index in [1.807, 2.05) is 0 Å². The number of carbonyl (C=O) groups is 2. The Morgan fingerprint density at radius 1 is 1.29 bits per heavy atom. The van der Waals surface area contributed by atoms with Crippen LogP contribution in [0.2, 0.25) is 0 Å². The van der Waals surface area contributed by atoms with Crippen molar-refractivity contribution in [3.05, 3.63) is 35.7 Å². The molecule has 0 radical (unpaired) electrons. The first kappa shape index (κ1) is 9.91. The monoisotopic (exact) mass is 193 g/mol. The van der Waals surface area contributed by atoms with Crippen LogP contribution >= 0.6 is 0 Å². The average Bonchev–Trinajstić information content (AvgIpc) is 2.15. The van der Waals surface area contributed by atoms with Crippen LogP contribution in [0.3, 0.4) is 0 Å². The lowest BCUT2D eigenvalue weighted by atomic mass is 10.3. The smallest absolute Gasteiger partial charge is 0.354 e. The van der Waals surface area contributed by atoms with Gasteiger partial charge in [0.05, 0.1) is 5.69 Å². The Hall–Kier alpha value is -2.17. The molecule has 0 aliphatic carbocycles. The van der Waals surface area contributed by atoms with E-state index in [1.54, 1.807) is 0 Å². The molecule has 0 saturated carbocycles. The minimum absolute atomic E-state index is 0.113. The van der Waals surface area contributed by atoms with Gasteiger partial charge in [-0.3, -0.25) is 0 Å². The number of aromatic nitrogens is 1. The summed E-state index contributed by atoms with van der Waals surface area (Å²) in [4.78, 5) is 24.3. The van der Waals surface area contributed by atoms with Gasteiger partial charge in [0.15, 0.2) is 0 Å². The van der Waals surface area contributed by atoms with Crippen LogP contribution in [0.15, 0.2) is 24.3 Å². The molecule has 0 bridgehead atoms. The van der Waals surface area contributed by atoms with Crippen molar-refractivity contribution in [1.82, 2.24) is 4.98 Å². The third-order valence-electron chi connectivity index (χ3n) is 1.39. The second-order valence-corrected chi connectivity index (χ2v) is 2.42. The second-order valence-electron chi connectivity index (χ2n) is 2.42. The number of hydrogen-bond acceptors (Lipinski definition) is 3. The van der Waals surface area contributed by atoms with Crippen LogP contribution in [0.4, 0.5) is 0 Å². The zero-order chi connectivity index (χ0) is 10.6. The molecule has 0 unspecified atom stereocenters. The largest absolute Gasteiger partial charge is 0.478 e. The summed E-state index contributed by atoms with van der Waals surface area (Å²) < 4.78 is 0. The van der Waals surface area contributed by atoms with Crippen LogP contribution in [-0.4, -0.2) is 27.1 Å². The normalized spacial score (nSPS) is 10.3. The van der Waals surface area contributed by atoms with E-state index in [-0.39, 0.29) is 5.69 Å². The Morgan fingerprint density at radius 2 is 2.00 bits per heavy atom. The lowest BCUT2D eigenvalue weighted by molar-refractivity contribution is -0.131. The Bertz CT molecular complexity index is 398. The van der Waals surface area contributed by atoms with Crippen LogP contribution in [0.5, 0.6) is 0 Å². The highest BCUT2D eigenvalue weighted by Gasteiger charge is 2.03. The number of nitrogens with zero attached hydrogens (tertiary/aromatic N) is 1. The predicted molar refractivity (Wildman–Crippen MR) is 47.9 cm³/mol. The SMILES string of the molecule is O=C(O)C=Cc1cccc(C(=O)O)n1. The number of carboxylic acid groups (broad SMARTS) is 2. The minimum Gasteiger partial charge on any atom is -0.478 e. The number of aliphatic carboxylic acids is 1. The molecule has 0 saturated heterocycles. The lowest BCUT2D eigenvalue weighted by Gasteiger charge is -1.94. The molecule has 0 fully saturated rings. The van der Waals surface area contributed by atoms with Crippen LogP contribution in [0.25, 0.3) is 6.08 Å². The van der Waals surface area contributed by atoms with Crippen molar-refractivity contribution < 1.29 is 19.8 Å². The fraction of sp³-hybridized carbons (Fsp3) is 0. The van der Waals surface area contributed by atoms with E-state index < -0.39 is 11.9 Å². The van der Waals surface area contributed by atoms with Gasteiger partial charge in [-0.2, -0.15) is 0 Å². The van der Waals surface area contributed by atoms with Crippen LogP contribution in [0.1, 0.15) is 16.2 Å². The Labute approximate surface area is 79.3 Å². The van der Waals surface area contributed by atoms with Gasteiger partial charge >= 0.3 is 11.9 Å². The molecule has 0 aliphatic heterocycles. The maximum atomic E-state index is 10.5. The quantitative estimate of drug-likeness (QED) is 0.695. The maximum Gasteiger partial charge on any atom is 0.354 e. The van der Waals surface area contributed by atoms with Crippen molar-refractivity contribution in [2.45, 2.75) is 0 Å². The topological polar surface area (TPSA) is 87.5 Å². The predicted octanol–water partition coefficient (Wildman–Crippen LogP) is 0.878. The molecule has 1 heterocycles. The summed E-state index contributed by atoms with van der Waals surface area (Å²) in [5.41, 5.74) is 0.185. The average molecular weight is 193 g/mol. The van der Waals surface area contributed by atoms with Crippen molar-refractivity contribution >= 4 is 18.0 Å². The first-order valence-electron chi connectivity index (χ1n) is 3.71. The molecular formula is C9H7NO4. The van der Waals surface area contributed by atoms with Gasteiger partial charge in [0.2, 0.25) is 0 Å². The fourth-order valence-electron chi connectivity index (χ4n) is 0.820. The standard InChI is InChI=1S/C9H7NO4/c11-8(12)5-4-6-2-1-3-7(10-6)9(13)14/h1-5H,(H,11,12)(H,13,14). The van der Waals surface area contributed by atoms with Gasteiger partial charge < -0.3 is 10.2 Å². The molecule has 5 heteroatoms.